The van der Waals surface area contributed by atoms with Gasteiger partial charge in [-0.2, -0.15) is 0 Å². The lowest BCUT2D eigenvalue weighted by molar-refractivity contribution is 0.249. The van der Waals surface area contributed by atoms with Crippen molar-refractivity contribution in [2.75, 3.05) is 50.1 Å². The van der Waals surface area contributed by atoms with Crippen LogP contribution >= 0.6 is 11.6 Å². The van der Waals surface area contributed by atoms with E-state index in [9.17, 15) is 4.39 Å². The molecule has 0 radical (unpaired) electrons. The predicted molar refractivity (Wildman–Crippen MR) is 149 cm³/mol. The second kappa shape index (κ2) is 11.0. The first-order valence-electron chi connectivity index (χ1n) is 13.2. The molecule has 3 aromatic rings. The van der Waals surface area contributed by atoms with Gasteiger partial charge in [-0.3, -0.25) is 0 Å². The van der Waals surface area contributed by atoms with Crippen LogP contribution in [-0.4, -0.2) is 67.3 Å². The summed E-state index contributed by atoms with van der Waals surface area (Å²) in [6, 6.07) is 9.56. The van der Waals surface area contributed by atoms with Crippen molar-refractivity contribution in [2.45, 2.75) is 45.2 Å². The number of halogens is 3. The van der Waals surface area contributed by atoms with Crippen LogP contribution in [0.4, 0.5) is 20.2 Å². The second-order valence-electron chi connectivity index (χ2n) is 10.6. The zero-order chi connectivity index (χ0) is 27.0. The molecule has 1 saturated heterocycles. The molecular formula is C29H34ClF2N5O. The number of aromatic nitrogens is 2. The largest absolute Gasteiger partial charge is 0.488 e. The average molecular weight is 542 g/mol. The lowest BCUT2D eigenvalue weighted by Gasteiger charge is -2.36. The Morgan fingerprint density at radius 2 is 1.82 bits per heavy atom. The van der Waals surface area contributed by atoms with E-state index in [-0.39, 0.29) is 24.0 Å². The van der Waals surface area contributed by atoms with Crippen molar-refractivity contribution < 1.29 is 13.5 Å². The number of nitrogens with zero attached hydrogens (tertiary/aromatic N) is 5. The first kappa shape index (κ1) is 26.6. The van der Waals surface area contributed by atoms with Gasteiger partial charge in [-0.15, -0.1) is 0 Å². The fourth-order valence-corrected chi connectivity index (χ4v) is 5.66. The van der Waals surface area contributed by atoms with Gasteiger partial charge in [-0.05, 0) is 70.6 Å². The number of rotatable bonds is 6. The van der Waals surface area contributed by atoms with Gasteiger partial charge in [0.25, 0.3) is 0 Å². The third-order valence-corrected chi connectivity index (χ3v) is 7.79. The van der Waals surface area contributed by atoms with Gasteiger partial charge in [-0.1, -0.05) is 17.7 Å². The van der Waals surface area contributed by atoms with Crippen molar-refractivity contribution in [3.8, 4) is 17.0 Å². The average Bonchev–Trinajstić information content (AvgIpc) is 2.89. The number of benzene rings is 2. The molecule has 0 unspecified atom stereocenters. The lowest BCUT2D eigenvalue weighted by Crippen LogP contribution is -2.42. The summed E-state index contributed by atoms with van der Waals surface area (Å²) in [5, 5.41) is 0.412. The Morgan fingerprint density at radius 1 is 1.05 bits per heavy atom. The van der Waals surface area contributed by atoms with Gasteiger partial charge >= 0.3 is 0 Å². The number of hydrogen-bond acceptors (Lipinski definition) is 6. The second-order valence-corrected chi connectivity index (χ2v) is 11.0. The van der Waals surface area contributed by atoms with E-state index in [4.69, 9.17) is 16.3 Å². The molecule has 6 nitrogen and oxygen atoms in total. The van der Waals surface area contributed by atoms with Crippen LogP contribution in [0.3, 0.4) is 0 Å². The smallest absolute Gasteiger partial charge is 0.167 e. The highest BCUT2D eigenvalue weighted by Gasteiger charge is 2.25. The minimum absolute atomic E-state index is 0.162. The van der Waals surface area contributed by atoms with Crippen LogP contribution in [0.2, 0.25) is 5.02 Å². The van der Waals surface area contributed by atoms with E-state index in [0.29, 0.717) is 40.5 Å². The summed E-state index contributed by atoms with van der Waals surface area (Å²) < 4.78 is 35.9. The molecule has 0 N–H and O–H groups in total. The van der Waals surface area contributed by atoms with Crippen molar-refractivity contribution in [1.82, 2.24) is 14.9 Å². The first-order chi connectivity index (χ1) is 18.2. The summed E-state index contributed by atoms with van der Waals surface area (Å²) in [5.41, 5.74) is 2.88. The summed E-state index contributed by atoms with van der Waals surface area (Å²) in [4.78, 5) is 15.2. The lowest BCUT2D eigenvalue weighted by atomic mass is 10.0. The van der Waals surface area contributed by atoms with Gasteiger partial charge in [0, 0.05) is 37.2 Å². The molecule has 0 bridgehead atoms. The van der Waals surface area contributed by atoms with E-state index >= 15 is 4.39 Å². The number of anilines is 2. The van der Waals surface area contributed by atoms with E-state index in [1.807, 2.05) is 18.2 Å². The molecule has 2 aromatic carbocycles. The molecule has 0 atom stereocenters. The highest BCUT2D eigenvalue weighted by Crippen LogP contribution is 2.42. The van der Waals surface area contributed by atoms with Crippen molar-refractivity contribution in [2.24, 2.45) is 0 Å². The first-order valence-corrected chi connectivity index (χ1v) is 13.5. The molecule has 0 amide bonds. The van der Waals surface area contributed by atoms with Crippen molar-refractivity contribution in [1.29, 1.82) is 0 Å². The molecule has 0 spiro atoms. The maximum absolute atomic E-state index is 15.1. The Morgan fingerprint density at radius 3 is 2.50 bits per heavy atom. The number of hydrogen-bond donors (Lipinski definition) is 0. The molecule has 9 heteroatoms. The SMILES string of the molecule is CC(C)N1CCOc2c(Cl)cc(-c3nc(Cc4ccc(N5CCC(N(C)C)CC5)c(F)c4)ncc3F)cc21. The topological polar surface area (TPSA) is 44.7 Å². The Labute approximate surface area is 228 Å². The molecule has 3 heterocycles. The summed E-state index contributed by atoms with van der Waals surface area (Å²) in [6.45, 7) is 7.10. The van der Waals surface area contributed by atoms with Crippen LogP contribution in [0.5, 0.6) is 5.75 Å². The third-order valence-electron chi connectivity index (χ3n) is 7.51. The fraction of sp³-hybridized carbons (Fsp3) is 0.448. The van der Waals surface area contributed by atoms with Crippen molar-refractivity contribution in [3.63, 3.8) is 0 Å². The molecule has 38 heavy (non-hydrogen) atoms. The molecule has 0 aliphatic carbocycles. The third kappa shape index (κ3) is 5.43. The molecule has 2 aliphatic heterocycles. The molecule has 1 aromatic heterocycles. The van der Waals surface area contributed by atoms with Gasteiger partial charge in [-0.25, -0.2) is 18.7 Å². The van der Waals surface area contributed by atoms with Crippen LogP contribution < -0.4 is 14.5 Å². The van der Waals surface area contributed by atoms with Gasteiger partial charge in [0.2, 0.25) is 0 Å². The van der Waals surface area contributed by atoms with Crippen LogP contribution in [0.25, 0.3) is 11.3 Å². The summed E-state index contributed by atoms with van der Waals surface area (Å²) in [5.74, 6) is 0.210. The van der Waals surface area contributed by atoms with E-state index in [1.165, 1.54) is 12.3 Å². The summed E-state index contributed by atoms with van der Waals surface area (Å²) in [6.07, 6.45) is 3.47. The quantitative estimate of drug-likeness (QED) is 0.393. The summed E-state index contributed by atoms with van der Waals surface area (Å²) in [7, 11) is 4.18. The van der Waals surface area contributed by atoms with Crippen LogP contribution in [0, 0.1) is 11.6 Å². The molecule has 2 aliphatic rings. The Bertz CT molecular complexity index is 1310. The van der Waals surface area contributed by atoms with Gasteiger partial charge in [0.15, 0.2) is 11.6 Å². The van der Waals surface area contributed by atoms with E-state index in [0.717, 1.165) is 43.7 Å². The Hall–Kier alpha value is -2.97. The van der Waals surface area contributed by atoms with Crippen LogP contribution in [0.1, 0.15) is 38.1 Å². The number of ether oxygens (including phenoxy) is 1. The van der Waals surface area contributed by atoms with Crippen molar-refractivity contribution >= 4 is 23.0 Å². The zero-order valence-electron chi connectivity index (χ0n) is 22.3. The standard InChI is InChI=1S/C29H34ClF2N5O/c1-18(2)37-11-12-38-29-22(30)15-20(16-26(29)37)28-24(32)17-33-27(34-28)14-19-5-6-25(23(31)13-19)36-9-7-21(8-10-36)35(3)4/h5-6,13,15-18,21H,7-12,14H2,1-4H3. The Kier molecular flexibility index (Phi) is 7.73. The molecule has 5 rings (SSSR count). The van der Waals surface area contributed by atoms with Gasteiger partial charge < -0.3 is 19.4 Å². The molecular weight excluding hydrogens is 508 g/mol. The molecule has 0 saturated carbocycles. The molecule has 1 fully saturated rings. The predicted octanol–water partition coefficient (Wildman–Crippen LogP) is 5.80. The zero-order valence-corrected chi connectivity index (χ0v) is 23.1. The monoisotopic (exact) mass is 541 g/mol. The van der Waals surface area contributed by atoms with E-state index in [1.54, 1.807) is 6.07 Å². The van der Waals surface area contributed by atoms with Crippen molar-refractivity contribution in [3.05, 3.63) is 64.6 Å². The molecule has 202 valence electrons. The number of fused-ring (bicyclic) bond motifs is 1. The van der Waals surface area contributed by atoms with E-state index < -0.39 is 5.82 Å². The minimum atomic E-state index is -0.541. The van der Waals surface area contributed by atoms with E-state index in [2.05, 4.69) is 52.6 Å². The van der Waals surface area contributed by atoms with Gasteiger partial charge in [0.1, 0.15) is 23.9 Å². The number of piperidine rings is 1. The van der Waals surface area contributed by atoms with Crippen LogP contribution in [0.15, 0.2) is 36.5 Å². The maximum atomic E-state index is 15.1. The fourth-order valence-electron chi connectivity index (χ4n) is 5.39. The maximum Gasteiger partial charge on any atom is 0.167 e. The highest BCUT2D eigenvalue weighted by atomic mass is 35.5. The highest BCUT2D eigenvalue weighted by molar-refractivity contribution is 6.33. The Balaban J connectivity index is 1.38. The minimum Gasteiger partial charge on any atom is -0.488 e. The van der Waals surface area contributed by atoms with Gasteiger partial charge in [0.05, 0.1) is 29.1 Å². The van der Waals surface area contributed by atoms with Crippen LogP contribution in [-0.2, 0) is 6.42 Å². The normalized spacial score (nSPS) is 16.2. The summed E-state index contributed by atoms with van der Waals surface area (Å²) >= 11 is 6.54.